The first kappa shape index (κ1) is 20.3. The molecule has 0 fully saturated rings. The van der Waals surface area contributed by atoms with E-state index in [1.54, 1.807) is 14.2 Å². The largest absolute Gasteiger partial charge is 0.497 e. The molecule has 0 radical (unpaired) electrons. The monoisotopic (exact) mass is 434 g/mol. The van der Waals surface area contributed by atoms with Crippen LogP contribution in [0.25, 0.3) is 22.2 Å². The van der Waals surface area contributed by atoms with Crippen molar-refractivity contribution in [1.29, 1.82) is 0 Å². The Morgan fingerprint density at radius 1 is 1.28 bits per heavy atom. The highest BCUT2D eigenvalue weighted by Gasteiger charge is 2.32. The summed E-state index contributed by atoms with van der Waals surface area (Å²) in [5.41, 5.74) is 8.38. The smallest absolute Gasteiger partial charge is 0.240 e. The van der Waals surface area contributed by atoms with Crippen LogP contribution < -0.4 is 15.5 Å². The second-order valence-electron chi connectivity index (χ2n) is 7.93. The lowest BCUT2D eigenvalue weighted by molar-refractivity contribution is -0.121. The number of H-pyrrole nitrogens is 1. The zero-order chi connectivity index (χ0) is 22.2. The minimum atomic E-state index is -0.0647. The minimum Gasteiger partial charge on any atom is -0.497 e. The van der Waals surface area contributed by atoms with Crippen LogP contribution in [0.1, 0.15) is 11.6 Å². The Kier molecular flexibility index (Phi) is 5.20. The van der Waals surface area contributed by atoms with Crippen molar-refractivity contribution >= 4 is 28.8 Å². The number of aromatic nitrogens is 2. The zero-order valence-electron chi connectivity index (χ0n) is 18.3. The van der Waals surface area contributed by atoms with Gasteiger partial charge in [0.1, 0.15) is 18.1 Å². The molecule has 0 spiro atoms. The zero-order valence-corrected chi connectivity index (χ0v) is 18.3. The maximum atomic E-state index is 12.5. The Morgan fingerprint density at radius 3 is 2.97 bits per heavy atom. The van der Waals surface area contributed by atoms with E-state index in [9.17, 15) is 4.79 Å². The summed E-state index contributed by atoms with van der Waals surface area (Å²) >= 11 is 0. The predicted molar refractivity (Wildman–Crippen MR) is 123 cm³/mol. The molecule has 166 valence electrons. The molecule has 1 aromatic carbocycles. The van der Waals surface area contributed by atoms with Crippen LogP contribution in [0, 0.1) is 0 Å². The van der Waals surface area contributed by atoms with Gasteiger partial charge in [0, 0.05) is 72.6 Å². The summed E-state index contributed by atoms with van der Waals surface area (Å²) in [4.78, 5) is 20.5. The van der Waals surface area contributed by atoms with Gasteiger partial charge in [-0.05, 0) is 24.3 Å². The molecule has 0 saturated carbocycles. The second-order valence-corrected chi connectivity index (χ2v) is 7.93. The molecule has 9 nitrogen and oxygen atoms in total. The number of rotatable bonds is 7. The van der Waals surface area contributed by atoms with Gasteiger partial charge in [0.05, 0.1) is 19.8 Å². The summed E-state index contributed by atoms with van der Waals surface area (Å²) in [6, 6.07) is 8.15. The first-order valence-corrected chi connectivity index (χ1v) is 10.5. The lowest BCUT2D eigenvalue weighted by atomic mass is 10.00. The third kappa shape index (κ3) is 3.45. The van der Waals surface area contributed by atoms with Crippen LogP contribution >= 0.6 is 0 Å². The van der Waals surface area contributed by atoms with Crippen LogP contribution in [-0.4, -0.2) is 61.1 Å². The number of methoxy groups -OCH3 is 2. The number of hydrazine groups is 1. The number of ether oxygens (including phenoxy) is 2. The van der Waals surface area contributed by atoms with Crippen LogP contribution in [0.3, 0.4) is 0 Å². The molecule has 0 aliphatic carbocycles. The van der Waals surface area contributed by atoms with Gasteiger partial charge >= 0.3 is 0 Å². The van der Waals surface area contributed by atoms with Gasteiger partial charge in [0.15, 0.2) is 0 Å². The van der Waals surface area contributed by atoms with E-state index in [4.69, 9.17) is 9.47 Å². The molecule has 1 amide bonds. The molecule has 4 heterocycles. The van der Waals surface area contributed by atoms with Crippen molar-refractivity contribution < 1.29 is 14.3 Å². The van der Waals surface area contributed by atoms with E-state index in [1.165, 1.54) is 0 Å². The topological polar surface area (TPSA) is 95.9 Å². The highest BCUT2D eigenvalue weighted by Crippen LogP contribution is 2.42. The SMILES string of the molecule is COCCNC(=O)Cn1cc(-c2cc3c([nH]2)N=CC2=CNN(C)C23)c2cc(OC)ccc21. The Morgan fingerprint density at radius 2 is 2.16 bits per heavy atom. The number of aromatic amines is 1. The molecule has 1 unspecified atom stereocenters. The Balaban J connectivity index is 1.54. The summed E-state index contributed by atoms with van der Waals surface area (Å²) in [7, 11) is 5.28. The minimum absolute atomic E-state index is 0.0647. The van der Waals surface area contributed by atoms with Crippen molar-refractivity contribution in [1.82, 2.24) is 25.3 Å². The summed E-state index contributed by atoms with van der Waals surface area (Å²) < 4.78 is 12.4. The summed E-state index contributed by atoms with van der Waals surface area (Å²) in [5.74, 6) is 1.55. The fraction of sp³-hybridized carbons (Fsp3) is 0.304. The average molecular weight is 435 g/mol. The lowest BCUT2D eigenvalue weighted by Crippen LogP contribution is -2.30. The molecular weight excluding hydrogens is 408 g/mol. The lowest BCUT2D eigenvalue weighted by Gasteiger charge is -2.23. The van der Waals surface area contributed by atoms with E-state index in [2.05, 4.69) is 31.8 Å². The van der Waals surface area contributed by atoms with E-state index in [-0.39, 0.29) is 18.5 Å². The number of fused-ring (bicyclic) bond motifs is 4. The van der Waals surface area contributed by atoms with Gasteiger partial charge in [-0.15, -0.1) is 0 Å². The number of amides is 1. The first-order valence-electron chi connectivity index (χ1n) is 10.5. The third-order valence-corrected chi connectivity index (χ3v) is 5.92. The molecule has 0 saturated heterocycles. The standard InChI is InChI=1S/C23H26N6O3/c1-28-22-14(11-26-28)10-25-23-17(22)9-19(27-23)18-12-29(13-21(30)24-6-7-31-2)20-5-4-15(32-3)8-16(18)20/h4-5,8-12,22,26-27H,6-7,13H2,1-3H3,(H,24,30). The highest BCUT2D eigenvalue weighted by molar-refractivity contribution is 5.98. The van der Waals surface area contributed by atoms with E-state index >= 15 is 0 Å². The maximum Gasteiger partial charge on any atom is 0.240 e. The molecule has 1 atom stereocenters. The van der Waals surface area contributed by atoms with Gasteiger partial charge < -0.3 is 29.8 Å². The van der Waals surface area contributed by atoms with E-state index in [1.807, 2.05) is 48.4 Å². The normalized spacial score (nSPS) is 17.1. The van der Waals surface area contributed by atoms with E-state index < -0.39 is 0 Å². The van der Waals surface area contributed by atoms with Crippen molar-refractivity contribution in [2.24, 2.45) is 4.99 Å². The molecule has 9 heteroatoms. The second kappa shape index (κ2) is 8.18. The molecular formula is C23H26N6O3. The van der Waals surface area contributed by atoms with E-state index in [0.29, 0.717) is 13.2 Å². The van der Waals surface area contributed by atoms with Gasteiger partial charge in [-0.25, -0.2) is 10.0 Å². The Hall–Kier alpha value is -3.56. The van der Waals surface area contributed by atoms with Crippen LogP contribution in [0.5, 0.6) is 5.75 Å². The number of aliphatic imine (C=N–C) groups is 1. The molecule has 32 heavy (non-hydrogen) atoms. The third-order valence-electron chi connectivity index (χ3n) is 5.92. The van der Waals surface area contributed by atoms with Gasteiger partial charge in [0.25, 0.3) is 0 Å². The average Bonchev–Trinajstić information content (AvgIpc) is 3.48. The summed E-state index contributed by atoms with van der Waals surface area (Å²) in [6.07, 6.45) is 5.87. The number of carbonyl (C=O) groups is 1. The molecule has 3 aromatic rings. The predicted octanol–water partition coefficient (Wildman–Crippen LogP) is 2.50. The fourth-order valence-corrected chi connectivity index (χ4v) is 4.36. The molecule has 3 N–H and O–H groups in total. The Labute approximate surface area is 185 Å². The number of hydrogen-bond donors (Lipinski definition) is 3. The van der Waals surface area contributed by atoms with E-state index in [0.717, 1.165) is 44.9 Å². The number of nitrogens with zero attached hydrogens (tertiary/aromatic N) is 3. The van der Waals surface area contributed by atoms with Gasteiger partial charge in [-0.3, -0.25) is 4.79 Å². The molecule has 0 bridgehead atoms. The van der Waals surface area contributed by atoms with Crippen molar-refractivity contribution in [3.63, 3.8) is 0 Å². The number of carbonyl (C=O) groups excluding carboxylic acids is 1. The highest BCUT2D eigenvalue weighted by atomic mass is 16.5. The maximum absolute atomic E-state index is 12.5. The molecule has 2 aliphatic rings. The van der Waals surface area contributed by atoms with Gasteiger partial charge in [0.2, 0.25) is 5.91 Å². The van der Waals surface area contributed by atoms with Crippen LogP contribution in [0.2, 0.25) is 0 Å². The van der Waals surface area contributed by atoms with Crippen molar-refractivity contribution in [3.05, 3.63) is 47.8 Å². The summed E-state index contributed by atoms with van der Waals surface area (Å²) in [6.45, 7) is 1.18. The first-order chi connectivity index (χ1) is 15.6. The number of nitrogens with one attached hydrogen (secondary N) is 3. The number of benzene rings is 1. The summed E-state index contributed by atoms with van der Waals surface area (Å²) in [5, 5.41) is 5.95. The van der Waals surface area contributed by atoms with Crippen LogP contribution in [0.15, 0.2) is 47.2 Å². The fourth-order valence-electron chi connectivity index (χ4n) is 4.36. The molecule has 2 aromatic heterocycles. The van der Waals surface area contributed by atoms with Crippen LogP contribution in [0.4, 0.5) is 5.82 Å². The Bertz CT molecular complexity index is 1240. The van der Waals surface area contributed by atoms with Crippen LogP contribution in [-0.2, 0) is 16.1 Å². The van der Waals surface area contributed by atoms with Crippen molar-refractivity contribution in [2.45, 2.75) is 12.6 Å². The van der Waals surface area contributed by atoms with Crippen molar-refractivity contribution in [2.75, 3.05) is 34.4 Å². The van der Waals surface area contributed by atoms with Gasteiger partial charge in [-0.1, -0.05) is 0 Å². The number of hydrogen-bond acceptors (Lipinski definition) is 6. The number of likely N-dealkylation sites (N-methyl/N-ethyl adjacent to an activating group) is 1. The molecule has 2 aliphatic heterocycles. The molecule has 5 rings (SSSR count). The van der Waals surface area contributed by atoms with Gasteiger partial charge in [-0.2, -0.15) is 0 Å². The quantitative estimate of drug-likeness (QED) is 0.497. The van der Waals surface area contributed by atoms with Crippen molar-refractivity contribution in [3.8, 4) is 17.0 Å².